The maximum absolute atomic E-state index is 11.8. The first-order chi connectivity index (χ1) is 8.49. The van der Waals surface area contributed by atoms with Gasteiger partial charge in [0, 0.05) is 25.2 Å². The van der Waals surface area contributed by atoms with E-state index in [1.165, 1.54) is 0 Å². The van der Waals surface area contributed by atoms with Gasteiger partial charge < -0.3 is 14.4 Å². The van der Waals surface area contributed by atoms with E-state index in [2.05, 4.69) is 15.9 Å². The summed E-state index contributed by atoms with van der Waals surface area (Å²) in [5, 5.41) is 0. The summed E-state index contributed by atoms with van der Waals surface area (Å²) in [6, 6.07) is 5.57. The van der Waals surface area contributed by atoms with Crippen molar-refractivity contribution in [2.24, 2.45) is 0 Å². The number of amides is 1. The second kappa shape index (κ2) is 6.64. The van der Waals surface area contributed by atoms with Gasteiger partial charge in [0.1, 0.15) is 11.5 Å². The van der Waals surface area contributed by atoms with Gasteiger partial charge in [0.25, 0.3) is 0 Å². The lowest BCUT2D eigenvalue weighted by Gasteiger charge is -2.20. The van der Waals surface area contributed by atoms with Gasteiger partial charge in [0.05, 0.1) is 19.0 Å². The zero-order valence-corrected chi connectivity index (χ0v) is 12.7. The van der Waals surface area contributed by atoms with Crippen molar-refractivity contribution in [1.82, 2.24) is 4.90 Å². The Balaban J connectivity index is 2.87. The third kappa shape index (κ3) is 3.63. The fourth-order valence-corrected chi connectivity index (χ4v) is 1.97. The first kappa shape index (κ1) is 14.8. The Labute approximate surface area is 116 Å². The highest BCUT2D eigenvalue weighted by Crippen LogP contribution is 2.25. The summed E-state index contributed by atoms with van der Waals surface area (Å²) in [5.74, 6) is 1.49. The van der Waals surface area contributed by atoms with Crippen LogP contribution in [0.25, 0.3) is 0 Å². The van der Waals surface area contributed by atoms with Crippen molar-refractivity contribution in [2.45, 2.75) is 18.3 Å². The Bertz CT molecular complexity index is 421. The molecule has 0 aliphatic rings. The first-order valence-electron chi connectivity index (χ1n) is 5.59. The number of hydrogen-bond acceptors (Lipinski definition) is 3. The smallest absolute Gasteiger partial charge is 0.236 e. The minimum absolute atomic E-state index is 0.0351. The second-order valence-electron chi connectivity index (χ2n) is 3.99. The molecule has 1 amide bonds. The normalized spacial score (nSPS) is 11.8. The number of carbonyl (C=O) groups is 1. The molecule has 4 nitrogen and oxygen atoms in total. The van der Waals surface area contributed by atoms with E-state index < -0.39 is 0 Å². The van der Waals surface area contributed by atoms with E-state index in [9.17, 15) is 4.79 Å². The summed E-state index contributed by atoms with van der Waals surface area (Å²) in [5.41, 5.74) is 0.947. The van der Waals surface area contributed by atoms with Crippen LogP contribution >= 0.6 is 15.9 Å². The van der Waals surface area contributed by atoms with E-state index in [1.54, 1.807) is 26.2 Å². The topological polar surface area (TPSA) is 38.8 Å². The number of alkyl halides is 1. The summed E-state index contributed by atoms with van der Waals surface area (Å²) in [6.45, 7) is 2.31. The third-order valence-electron chi connectivity index (χ3n) is 2.62. The van der Waals surface area contributed by atoms with Gasteiger partial charge in [-0.3, -0.25) is 4.79 Å². The number of benzene rings is 1. The highest BCUT2D eigenvalue weighted by atomic mass is 79.9. The SMILES string of the molecule is COc1ccc(CN(C)C(=O)C(C)Br)c(OC)c1. The van der Waals surface area contributed by atoms with Crippen molar-refractivity contribution in [3.05, 3.63) is 23.8 Å². The van der Waals surface area contributed by atoms with Crippen LogP contribution in [-0.4, -0.2) is 36.9 Å². The largest absolute Gasteiger partial charge is 0.497 e. The van der Waals surface area contributed by atoms with Crippen molar-refractivity contribution in [2.75, 3.05) is 21.3 Å². The number of hydrogen-bond donors (Lipinski definition) is 0. The molecule has 1 aromatic carbocycles. The molecule has 0 bridgehead atoms. The Kier molecular flexibility index (Phi) is 5.47. The molecule has 0 radical (unpaired) electrons. The molecule has 1 unspecified atom stereocenters. The average molecular weight is 316 g/mol. The van der Waals surface area contributed by atoms with Gasteiger partial charge in [-0.05, 0) is 19.1 Å². The van der Waals surface area contributed by atoms with E-state index in [-0.39, 0.29) is 10.7 Å². The predicted molar refractivity (Wildman–Crippen MR) is 74.4 cm³/mol. The van der Waals surface area contributed by atoms with Gasteiger partial charge >= 0.3 is 0 Å². The summed E-state index contributed by atoms with van der Waals surface area (Å²) < 4.78 is 10.4. The fraction of sp³-hybridized carbons (Fsp3) is 0.462. The zero-order valence-electron chi connectivity index (χ0n) is 11.1. The molecule has 1 atom stereocenters. The van der Waals surface area contributed by atoms with Crippen molar-refractivity contribution in [3.63, 3.8) is 0 Å². The maximum Gasteiger partial charge on any atom is 0.236 e. The maximum atomic E-state index is 11.8. The van der Waals surface area contributed by atoms with Crippen LogP contribution in [-0.2, 0) is 11.3 Å². The van der Waals surface area contributed by atoms with Gasteiger partial charge in [-0.25, -0.2) is 0 Å². The molecular formula is C13H18BrNO3. The Hall–Kier alpha value is -1.23. The molecule has 0 spiro atoms. The molecule has 0 saturated heterocycles. The highest BCUT2D eigenvalue weighted by molar-refractivity contribution is 9.10. The number of carbonyl (C=O) groups excluding carboxylic acids is 1. The van der Waals surface area contributed by atoms with Crippen LogP contribution in [0.4, 0.5) is 0 Å². The van der Waals surface area contributed by atoms with Gasteiger partial charge in [-0.15, -0.1) is 0 Å². The van der Waals surface area contributed by atoms with E-state index in [0.717, 1.165) is 17.1 Å². The molecule has 0 N–H and O–H groups in total. The van der Waals surface area contributed by atoms with Gasteiger partial charge in [0.2, 0.25) is 5.91 Å². The van der Waals surface area contributed by atoms with E-state index in [0.29, 0.717) is 6.54 Å². The minimum atomic E-state index is -0.188. The quantitative estimate of drug-likeness (QED) is 0.783. The average Bonchev–Trinajstić information content (AvgIpc) is 2.37. The monoisotopic (exact) mass is 315 g/mol. The van der Waals surface area contributed by atoms with E-state index >= 15 is 0 Å². The second-order valence-corrected chi connectivity index (χ2v) is 5.36. The third-order valence-corrected chi connectivity index (χ3v) is 3.01. The molecule has 0 aromatic heterocycles. The molecule has 1 aromatic rings. The molecule has 0 saturated carbocycles. The van der Waals surface area contributed by atoms with Crippen LogP contribution in [0.5, 0.6) is 11.5 Å². The number of methoxy groups -OCH3 is 2. The summed E-state index contributed by atoms with van der Waals surface area (Å²) in [6.07, 6.45) is 0. The van der Waals surface area contributed by atoms with Gasteiger partial charge in [-0.1, -0.05) is 15.9 Å². The summed E-state index contributed by atoms with van der Waals surface area (Å²) in [4.78, 5) is 13.3. The molecule has 0 heterocycles. The molecule has 100 valence electrons. The standard InChI is InChI=1S/C13H18BrNO3/c1-9(14)13(16)15(2)8-10-5-6-11(17-3)7-12(10)18-4/h5-7,9H,8H2,1-4H3. The molecule has 1 rings (SSSR count). The van der Waals surface area contributed by atoms with Crippen LogP contribution < -0.4 is 9.47 Å². The predicted octanol–water partition coefficient (Wildman–Crippen LogP) is 2.45. The van der Waals surface area contributed by atoms with E-state index in [1.807, 2.05) is 25.1 Å². The van der Waals surface area contributed by atoms with Crippen molar-refractivity contribution in [3.8, 4) is 11.5 Å². The lowest BCUT2D eigenvalue weighted by atomic mass is 10.1. The molecular weight excluding hydrogens is 298 g/mol. The Morgan fingerprint density at radius 3 is 2.56 bits per heavy atom. The minimum Gasteiger partial charge on any atom is -0.497 e. The van der Waals surface area contributed by atoms with Crippen LogP contribution in [0.1, 0.15) is 12.5 Å². The van der Waals surface area contributed by atoms with Crippen molar-refractivity contribution >= 4 is 21.8 Å². The van der Waals surface area contributed by atoms with Crippen LogP contribution in [0, 0.1) is 0 Å². The number of nitrogens with zero attached hydrogens (tertiary/aromatic N) is 1. The van der Waals surface area contributed by atoms with Crippen LogP contribution in [0.15, 0.2) is 18.2 Å². The summed E-state index contributed by atoms with van der Waals surface area (Å²) >= 11 is 3.27. The first-order valence-corrected chi connectivity index (χ1v) is 6.51. The Morgan fingerprint density at radius 2 is 2.06 bits per heavy atom. The molecule has 18 heavy (non-hydrogen) atoms. The zero-order chi connectivity index (χ0) is 13.7. The van der Waals surface area contributed by atoms with Crippen LogP contribution in [0.2, 0.25) is 0 Å². The van der Waals surface area contributed by atoms with Gasteiger partial charge in [-0.2, -0.15) is 0 Å². The fourth-order valence-electron chi connectivity index (χ4n) is 1.62. The molecule has 0 aliphatic carbocycles. The van der Waals surface area contributed by atoms with Crippen LogP contribution in [0.3, 0.4) is 0 Å². The summed E-state index contributed by atoms with van der Waals surface area (Å²) in [7, 11) is 4.98. The number of ether oxygens (including phenoxy) is 2. The van der Waals surface area contributed by atoms with E-state index in [4.69, 9.17) is 9.47 Å². The van der Waals surface area contributed by atoms with Crippen molar-refractivity contribution in [1.29, 1.82) is 0 Å². The molecule has 0 fully saturated rings. The number of halogens is 1. The van der Waals surface area contributed by atoms with Crippen molar-refractivity contribution < 1.29 is 14.3 Å². The Morgan fingerprint density at radius 1 is 1.39 bits per heavy atom. The van der Waals surface area contributed by atoms with Gasteiger partial charge in [0.15, 0.2) is 0 Å². The highest BCUT2D eigenvalue weighted by Gasteiger charge is 2.16. The number of rotatable bonds is 5. The lowest BCUT2D eigenvalue weighted by Crippen LogP contribution is -2.31. The molecule has 0 aliphatic heterocycles. The lowest BCUT2D eigenvalue weighted by molar-refractivity contribution is -0.129. The molecule has 5 heteroatoms.